The largest absolute Gasteiger partial charge is 0.296 e. The Kier molecular flexibility index (Phi) is 4.85. The summed E-state index contributed by atoms with van der Waals surface area (Å²) in [6.45, 7) is 1.88. The molecule has 0 aromatic carbocycles. The van der Waals surface area contributed by atoms with Crippen molar-refractivity contribution in [1.29, 1.82) is 0 Å². The maximum atomic E-state index is 12.2. The maximum absolute atomic E-state index is 12.2. The van der Waals surface area contributed by atoms with Crippen molar-refractivity contribution in [3.8, 4) is 0 Å². The van der Waals surface area contributed by atoms with E-state index < -0.39 is 0 Å². The molecule has 0 saturated carbocycles. The molecule has 132 valence electrons. The molecule has 0 atom stereocenters. The zero-order chi connectivity index (χ0) is 18.1. The van der Waals surface area contributed by atoms with E-state index in [1.807, 2.05) is 23.8 Å². The molecule has 0 spiro atoms. The van der Waals surface area contributed by atoms with Gasteiger partial charge in [0.1, 0.15) is 0 Å². The predicted octanol–water partition coefficient (Wildman–Crippen LogP) is 3.52. The SMILES string of the molecule is Cc1csc2nc(CSc3nnc(NC(=O)c4cccs4)s3)cc(=O)n12. The van der Waals surface area contributed by atoms with Gasteiger partial charge >= 0.3 is 0 Å². The molecule has 1 amide bonds. The number of aromatic nitrogens is 4. The van der Waals surface area contributed by atoms with Crippen LogP contribution in [0.4, 0.5) is 5.13 Å². The quantitative estimate of drug-likeness (QED) is 0.392. The lowest BCUT2D eigenvalue weighted by Gasteiger charge is -2.00. The average molecular weight is 422 g/mol. The molecule has 0 fully saturated rings. The Balaban J connectivity index is 1.43. The number of nitrogens with zero attached hydrogens (tertiary/aromatic N) is 4. The van der Waals surface area contributed by atoms with Crippen LogP contribution in [0.2, 0.25) is 0 Å². The molecule has 0 radical (unpaired) electrons. The van der Waals surface area contributed by atoms with Gasteiger partial charge in [-0.05, 0) is 18.4 Å². The van der Waals surface area contributed by atoms with Crippen LogP contribution >= 0.6 is 45.8 Å². The van der Waals surface area contributed by atoms with Crippen LogP contribution in [0.25, 0.3) is 4.96 Å². The van der Waals surface area contributed by atoms with Crippen LogP contribution < -0.4 is 10.9 Å². The van der Waals surface area contributed by atoms with Gasteiger partial charge in [-0.3, -0.25) is 19.3 Å². The van der Waals surface area contributed by atoms with Crippen LogP contribution in [-0.2, 0) is 5.75 Å². The van der Waals surface area contributed by atoms with Crippen LogP contribution in [-0.4, -0.2) is 25.5 Å². The monoisotopic (exact) mass is 421 g/mol. The summed E-state index contributed by atoms with van der Waals surface area (Å²) in [7, 11) is 0. The fourth-order valence-corrected chi connectivity index (χ4v) is 5.34. The van der Waals surface area contributed by atoms with E-state index in [0.29, 0.717) is 30.8 Å². The first-order valence-corrected chi connectivity index (χ1v) is 10.9. The summed E-state index contributed by atoms with van der Waals surface area (Å²) in [4.78, 5) is 30.0. The molecular weight excluding hydrogens is 410 g/mol. The van der Waals surface area contributed by atoms with Gasteiger partial charge in [0.25, 0.3) is 11.5 Å². The van der Waals surface area contributed by atoms with Gasteiger partial charge in [-0.25, -0.2) is 4.98 Å². The minimum absolute atomic E-state index is 0.0782. The van der Waals surface area contributed by atoms with Gasteiger partial charge in [-0.2, -0.15) is 0 Å². The Morgan fingerprint density at radius 1 is 1.35 bits per heavy atom. The number of thioether (sulfide) groups is 1. The summed E-state index contributed by atoms with van der Waals surface area (Å²) in [6, 6.07) is 5.12. The number of fused-ring (bicyclic) bond motifs is 1. The second kappa shape index (κ2) is 7.27. The Morgan fingerprint density at radius 2 is 2.23 bits per heavy atom. The molecule has 4 aromatic heterocycles. The fraction of sp³-hybridized carbons (Fsp3) is 0.133. The smallest absolute Gasteiger partial charge is 0.267 e. The number of anilines is 1. The van der Waals surface area contributed by atoms with Crippen molar-refractivity contribution in [1.82, 2.24) is 19.6 Å². The number of aryl methyl sites for hydroxylation is 1. The number of carbonyl (C=O) groups excluding carboxylic acids is 1. The molecule has 0 bridgehead atoms. The molecule has 7 nitrogen and oxygen atoms in total. The standard InChI is InChI=1S/C15H11N5O2S4/c1-8-6-24-14-16-9(5-11(21)20(8)14)7-25-15-19-18-13(26-15)17-12(22)10-3-2-4-23-10/h2-6H,7H2,1H3,(H,17,18,22). The topological polar surface area (TPSA) is 89.2 Å². The zero-order valence-corrected chi connectivity index (χ0v) is 16.6. The van der Waals surface area contributed by atoms with Gasteiger partial charge in [0.15, 0.2) is 9.30 Å². The highest BCUT2D eigenvalue weighted by Crippen LogP contribution is 2.28. The molecule has 0 aliphatic heterocycles. The highest BCUT2D eigenvalue weighted by atomic mass is 32.2. The van der Waals surface area contributed by atoms with Crippen molar-refractivity contribution in [2.45, 2.75) is 17.0 Å². The van der Waals surface area contributed by atoms with Crippen LogP contribution in [0, 0.1) is 6.92 Å². The van der Waals surface area contributed by atoms with Crippen LogP contribution in [0.5, 0.6) is 0 Å². The Morgan fingerprint density at radius 3 is 3.04 bits per heavy atom. The first-order valence-electron chi connectivity index (χ1n) is 7.38. The molecule has 26 heavy (non-hydrogen) atoms. The highest BCUT2D eigenvalue weighted by Gasteiger charge is 2.12. The van der Waals surface area contributed by atoms with Crippen molar-refractivity contribution in [2.75, 3.05) is 5.32 Å². The van der Waals surface area contributed by atoms with Gasteiger partial charge in [-0.1, -0.05) is 29.2 Å². The van der Waals surface area contributed by atoms with Gasteiger partial charge in [0.05, 0.1) is 10.6 Å². The molecule has 1 N–H and O–H groups in total. The fourth-order valence-electron chi connectivity index (χ4n) is 2.20. The molecule has 0 aliphatic rings. The molecule has 11 heteroatoms. The van der Waals surface area contributed by atoms with E-state index in [0.717, 1.165) is 5.69 Å². The summed E-state index contributed by atoms with van der Waals surface area (Å²) >= 11 is 5.54. The molecule has 0 unspecified atom stereocenters. The second-order valence-electron chi connectivity index (χ2n) is 5.17. The third-order valence-electron chi connectivity index (χ3n) is 3.34. The van der Waals surface area contributed by atoms with E-state index in [2.05, 4.69) is 20.5 Å². The molecule has 0 aliphatic carbocycles. The van der Waals surface area contributed by atoms with Crippen molar-refractivity contribution < 1.29 is 4.79 Å². The number of hydrogen-bond donors (Lipinski definition) is 1. The van der Waals surface area contributed by atoms with Crippen LogP contribution in [0.3, 0.4) is 0 Å². The molecular formula is C15H11N5O2S4. The van der Waals surface area contributed by atoms with E-state index in [4.69, 9.17) is 0 Å². The lowest BCUT2D eigenvalue weighted by atomic mass is 10.4. The minimum atomic E-state index is -0.194. The maximum Gasteiger partial charge on any atom is 0.267 e. The van der Waals surface area contributed by atoms with Gasteiger partial charge < -0.3 is 0 Å². The number of amides is 1. The Labute approximate surface area is 163 Å². The minimum Gasteiger partial charge on any atom is -0.296 e. The number of carbonyl (C=O) groups is 1. The van der Waals surface area contributed by atoms with Gasteiger partial charge in [0, 0.05) is 22.9 Å². The average Bonchev–Trinajstić information content (AvgIpc) is 3.34. The first kappa shape index (κ1) is 17.3. The normalized spacial score (nSPS) is 11.1. The van der Waals surface area contributed by atoms with Gasteiger partial charge in [-0.15, -0.1) is 32.9 Å². The number of thiazole rings is 1. The van der Waals surface area contributed by atoms with E-state index >= 15 is 0 Å². The molecule has 0 saturated heterocycles. The van der Waals surface area contributed by atoms with Crippen LogP contribution in [0.15, 0.2) is 38.1 Å². The van der Waals surface area contributed by atoms with E-state index in [1.165, 1.54) is 45.8 Å². The van der Waals surface area contributed by atoms with Crippen molar-refractivity contribution in [3.05, 3.63) is 55.6 Å². The van der Waals surface area contributed by atoms with Crippen molar-refractivity contribution >= 4 is 61.8 Å². The lowest BCUT2D eigenvalue weighted by molar-refractivity contribution is 0.103. The zero-order valence-electron chi connectivity index (χ0n) is 13.3. The first-order chi connectivity index (χ1) is 12.6. The summed E-state index contributed by atoms with van der Waals surface area (Å²) in [5.74, 6) is 0.317. The number of thiophene rings is 1. The summed E-state index contributed by atoms with van der Waals surface area (Å²) in [6.07, 6.45) is 0. The van der Waals surface area contributed by atoms with Gasteiger partial charge in [0.2, 0.25) is 5.13 Å². The van der Waals surface area contributed by atoms with E-state index in [-0.39, 0.29) is 11.5 Å². The predicted molar refractivity (Wildman–Crippen MR) is 106 cm³/mol. The van der Waals surface area contributed by atoms with Crippen molar-refractivity contribution in [2.24, 2.45) is 0 Å². The van der Waals surface area contributed by atoms with E-state index in [9.17, 15) is 9.59 Å². The van der Waals surface area contributed by atoms with Crippen LogP contribution in [0.1, 0.15) is 21.1 Å². The summed E-state index contributed by atoms with van der Waals surface area (Å²) in [5.41, 5.74) is 1.50. The third-order valence-corrected chi connectivity index (χ3v) is 7.16. The number of rotatable bonds is 5. The number of hydrogen-bond acceptors (Lipinski definition) is 9. The lowest BCUT2D eigenvalue weighted by Crippen LogP contribution is -2.14. The molecule has 4 aromatic rings. The van der Waals surface area contributed by atoms with E-state index in [1.54, 1.807) is 16.5 Å². The number of nitrogens with one attached hydrogen (secondary N) is 1. The Hall–Kier alpha value is -2.08. The second-order valence-corrected chi connectivity index (χ2v) is 9.16. The van der Waals surface area contributed by atoms with Crippen molar-refractivity contribution in [3.63, 3.8) is 0 Å². The molecule has 4 rings (SSSR count). The summed E-state index contributed by atoms with van der Waals surface area (Å²) in [5, 5.41) is 15.0. The summed E-state index contributed by atoms with van der Waals surface area (Å²) < 4.78 is 2.30. The molecule has 4 heterocycles. The highest BCUT2D eigenvalue weighted by molar-refractivity contribution is 8.00. The third kappa shape index (κ3) is 3.56. The Bertz CT molecular complexity index is 1130.